The number of nitrogens with zero attached hydrogens (tertiary/aromatic N) is 3. The van der Waals surface area contributed by atoms with Crippen molar-refractivity contribution >= 4 is 22.5 Å². The summed E-state index contributed by atoms with van der Waals surface area (Å²) in [7, 11) is 0. The van der Waals surface area contributed by atoms with Crippen LogP contribution in [0, 0.1) is 23.0 Å². The molecule has 0 fully saturated rings. The average Bonchev–Trinajstić information content (AvgIpc) is 2.56. The van der Waals surface area contributed by atoms with Crippen LogP contribution in [0.5, 0.6) is 0 Å². The van der Waals surface area contributed by atoms with Crippen LogP contribution in [0.3, 0.4) is 0 Å². The molecule has 0 radical (unpaired) electrons. The molecular formula is C17H11ClF2N4O. The minimum absolute atomic E-state index is 0.00999. The van der Waals surface area contributed by atoms with Crippen LogP contribution in [0.4, 0.5) is 8.78 Å². The summed E-state index contributed by atoms with van der Waals surface area (Å²) in [6, 6.07) is 6.80. The van der Waals surface area contributed by atoms with Crippen molar-refractivity contribution < 1.29 is 8.78 Å². The van der Waals surface area contributed by atoms with E-state index in [1.807, 2.05) is 6.07 Å². The van der Waals surface area contributed by atoms with Gasteiger partial charge in [0, 0.05) is 0 Å². The summed E-state index contributed by atoms with van der Waals surface area (Å²) in [6.07, 6.45) is 0. The number of benzene rings is 2. The molecule has 0 aliphatic heterocycles. The molecule has 2 aromatic carbocycles. The zero-order valence-corrected chi connectivity index (χ0v) is 13.7. The molecule has 1 atom stereocenters. The van der Waals surface area contributed by atoms with E-state index in [0.29, 0.717) is 0 Å². The van der Waals surface area contributed by atoms with Gasteiger partial charge in [0.15, 0.2) is 0 Å². The van der Waals surface area contributed by atoms with Crippen LogP contribution in [0.15, 0.2) is 35.1 Å². The van der Waals surface area contributed by atoms with Crippen LogP contribution in [0.25, 0.3) is 16.6 Å². The third-order valence-corrected chi connectivity index (χ3v) is 3.94. The predicted octanol–water partition coefficient (Wildman–Crippen LogP) is 3.21. The van der Waals surface area contributed by atoms with Crippen LogP contribution in [0.1, 0.15) is 24.4 Å². The van der Waals surface area contributed by atoms with Gasteiger partial charge < -0.3 is 5.73 Å². The van der Waals surface area contributed by atoms with Gasteiger partial charge in [0.05, 0.1) is 33.8 Å². The number of hydrogen-bond donors (Lipinski definition) is 1. The molecule has 25 heavy (non-hydrogen) atoms. The van der Waals surface area contributed by atoms with Crippen molar-refractivity contribution in [2.24, 2.45) is 5.73 Å². The maximum atomic E-state index is 14.1. The summed E-state index contributed by atoms with van der Waals surface area (Å²) in [5.41, 5.74) is 5.04. The number of hydrogen-bond acceptors (Lipinski definition) is 4. The van der Waals surface area contributed by atoms with Crippen molar-refractivity contribution in [3.63, 3.8) is 0 Å². The molecule has 3 aromatic rings. The first-order valence-corrected chi connectivity index (χ1v) is 7.58. The topological polar surface area (TPSA) is 84.7 Å². The highest BCUT2D eigenvalue weighted by atomic mass is 35.5. The van der Waals surface area contributed by atoms with Crippen LogP contribution >= 0.6 is 11.6 Å². The number of halogens is 3. The summed E-state index contributed by atoms with van der Waals surface area (Å²) < 4.78 is 29.0. The SMILES string of the molecule is C[C@H](N)c1nc2c(F)ccc(Cl)c2c(=O)n1-c1cc(F)cc(C#N)c1. The van der Waals surface area contributed by atoms with E-state index in [0.717, 1.165) is 22.8 Å². The maximum Gasteiger partial charge on any atom is 0.267 e. The first-order valence-electron chi connectivity index (χ1n) is 7.20. The van der Waals surface area contributed by atoms with Crippen LogP contribution in [-0.4, -0.2) is 9.55 Å². The molecule has 0 aliphatic carbocycles. The van der Waals surface area contributed by atoms with Gasteiger partial charge in [0.1, 0.15) is 23.0 Å². The first-order chi connectivity index (χ1) is 11.8. The van der Waals surface area contributed by atoms with E-state index < -0.39 is 23.2 Å². The smallest absolute Gasteiger partial charge is 0.267 e. The number of nitriles is 1. The van der Waals surface area contributed by atoms with Crippen molar-refractivity contribution in [1.82, 2.24) is 9.55 Å². The Bertz CT molecular complexity index is 1100. The van der Waals surface area contributed by atoms with Crippen molar-refractivity contribution in [1.29, 1.82) is 5.26 Å². The fourth-order valence-electron chi connectivity index (χ4n) is 2.56. The molecular weight excluding hydrogens is 350 g/mol. The standard InChI is InChI=1S/C17H11ClF2N4O/c1-8(22)16-23-15-13(20)3-2-12(18)14(15)17(25)24(16)11-5-9(7-21)4-10(19)6-11/h2-6,8H,22H2,1H3/t8-/m0/s1. The van der Waals surface area contributed by atoms with E-state index in [1.54, 1.807) is 6.92 Å². The Balaban J connectivity index is 2.51. The third-order valence-electron chi connectivity index (χ3n) is 3.63. The molecule has 0 amide bonds. The van der Waals surface area contributed by atoms with E-state index in [1.165, 1.54) is 12.1 Å². The summed E-state index contributed by atoms with van der Waals surface area (Å²) in [4.78, 5) is 17.1. The molecule has 0 aliphatic rings. The van der Waals surface area contributed by atoms with E-state index in [4.69, 9.17) is 22.6 Å². The van der Waals surface area contributed by atoms with E-state index >= 15 is 0 Å². The number of rotatable bonds is 2. The van der Waals surface area contributed by atoms with E-state index in [2.05, 4.69) is 4.98 Å². The molecule has 126 valence electrons. The average molecular weight is 361 g/mol. The van der Waals surface area contributed by atoms with Gasteiger partial charge in [-0.3, -0.25) is 9.36 Å². The molecule has 0 bridgehead atoms. The Hall–Kier alpha value is -2.82. The van der Waals surface area contributed by atoms with Crippen molar-refractivity contribution in [3.05, 3.63) is 68.7 Å². The maximum absolute atomic E-state index is 14.1. The number of aromatic nitrogens is 2. The molecule has 3 rings (SSSR count). The van der Waals surface area contributed by atoms with Crippen molar-refractivity contribution in [2.45, 2.75) is 13.0 Å². The second kappa shape index (κ2) is 6.24. The Morgan fingerprint density at radius 2 is 2.04 bits per heavy atom. The summed E-state index contributed by atoms with van der Waals surface area (Å²) in [5, 5.41) is 8.88. The number of nitrogens with two attached hydrogens (primary N) is 1. The van der Waals surface area contributed by atoms with E-state index in [-0.39, 0.29) is 33.0 Å². The molecule has 1 aromatic heterocycles. The van der Waals surface area contributed by atoms with Gasteiger partial charge >= 0.3 is 0 Å². The second-order valence-corrected chi connectivity index (χ2v) is 5.87. The van der Waals surface area contributed by atoms with Gasteiger partial charge in [0.2, 0.25) is 0 Å². The van der Waals surface area contributed by atoms with Gasteiger partial charge in [0.25, 0.3) is 5.56 Å². The molecule has 0 saturated carbocycles. The highest BCUT2D eigenvalue weighted by Gasteiger charge is 2.20. The van der Waals surface area contributed by atoms with Crippen LogP contribution in [0.2, 0.25) is 5.02 Å². The van der Waals surface area contributed by atoms with Gasteiger partial charge in [-0.2, -0.15) is 5.26 Å². The lowest BCUT2D eigenvalue weighted by Crippen LogP contribution is -2.28. The normalized spacial score (nSPS) is 12.2. The van der Waals surface area contributed by atoms with Gasteiger partial charge in [-0.25, -0.2) is 13.8 Å². The van der Waals surface area contributed by atoms with Gasteiger partial charge in [-0.15, -0.1) is 0 Å². The molecule has 1 heterocycles. The third kappa shape index (κ3) is 2.86. The minimum Gasteiger partial charge on any atom is -0.322 e. The Labute approximate surface area is 145 Å². The lowest BCUT2D eigenvalue weighted by Gasteiger charge is -2.17. The molecule has 2 N–H and O–H groups in total. The van der Waals surface area contributed by atoms with Gasteiger partial charge in [-0.1, -0.05) is 11.6 Å². The van der Waals surface area contributed by atoms with Crippen molar-refractivity contribution in [3.8, 4) is 11.8 Å². The zero-order valence-electron chi connectivity index (χ0n) is 12.9. The predicted molar refractivity (Wildman–Crippen MR) is 89.6 cm³/mol. The Morgan fingerprint density at radius 3 is 2.68 bits per heavy atom. The molecule has 5 nitrogen and oxygen atoms in total. The van der Waals surface area contributed by atoms with Crippen LogP contribution in [-0.2, 0) is 0 Å². The summed E-state index contributed by atoms with van der Waals surface area (Å²) in [6.45, 7) is 1.55. The summed E-state index contributed by atoms with van der Waals surface area (Å²) >= 11 is 6.04. The fraction of sp³-hybridized carbons (Fsp3) is 0.118. The van der Waals surface area contributed by atoms with Crippen molar-refractivity contribution in [2.75, 3.05) is 0 Å². The first kappa shape index (κ1) is 17.0. The Kier molecular flexibility index (Phi) is 4.25. The minimum atomic E-state index is -0.760. The van der Waals surface area contributed by atoms with E-state index in [9.17, 15) is 13.6 Å². The zero-order chi connectivity index (χ0) is 18.3. The lowest BCUT2D eigenvalue weighted by molar-refractivity contribution is 0.620. The highest BCUT2D eigenvalue weighted by Crippen LogP contribution is 2.25. The monoisotopic (exact) mass is 360 g/mol. The van der Waals surface area contributed by atoms with Crippen LogP contribution < -0.4 is 11.3 Å². The molecule has 8 heteroatoms. The number of fused-ring (bicyclic) bond motifs is 1. The fourth-order valence-corrected chi connectivity index (χ4v) is 2.79. The quantitative estimate of drug-likeness (QED) is 0.760. The lowest BCUT2D eigenvalue weighted by atomic mass is 10.1. The molecule has 0 saturated heterocycles. The van der Waals surface area contributed by atoms with Gasteiger partial charge in [-0.05, 0) is 37.3 Å². The largest absolute Gasteiger partial charge is 0.322 e. The summed E-state index contributed by atoms with van der Waals surface area (Å²) in [5.74, 6) is -1.40. The Morgan fingerprint density at radius 1 is 1.32 bits per heavy atom. The highest BCUT2D eigenvalue weighted by molar-refractivity contribution is 6.35. The second-order valence-electron chi connectivity index (χ2n) is 5.46. The molecule has 0 spiro atoms. The molecule has 0 unspecified atom stereocenters.